The van der Waals surface area contributed by atoms with Crippen molar-refractivity contribution in [3.63, 3.8) is 0 Å². The minimum Gasteiger partial charge on any atom is -0.432 e. The van der Waals surface area contributed by atoms with E-state index < -0.39 is 0 Å². The summed E-state index contributed by atoms with van der Waals surface area (Å²) >= 11 is 5.40. The number of fused-ring (bicyclic) bond motifs is 1. The monoisotopic (exact) mass is 546 g/mol. The molecule has 0 bridgehead atoms. The van der Waals surface area contributed by atoms with Crippen molar-refractivity contribution in [1.82, 2.24) is 14.9 Å². The lowest BCUT2D eigenvalue weighted by molar-refractivity contribution is 0.0631. The van der Waals surface area contributed by atoms with E-state index in [4.69, 9.17) is 31.7 Å². The Labute approximate surface area is 237 Å². The fraction of sp³-hybridized carbons (Fsp3) is 0.125. The van der Waals surface area contributed by atoms with Gasteiger partial charge in [-0.05, 0) is 54.7 Å². The van der Waals surface area contributed by atoms with Gasteiger partial charge >= 0.3 is 0 Å². The number of hydrogen-bond acceptors (Lipinski definition) is 6. The number of nitrogens with zero attached hydrogens (tertiary/aromatic N) is 3. The molecule has 1 aromatic heterocycles. The van der Waals surface area contributed by atoms with Crippen LogP contribution in [-0.2, 0) is 4.74 Å². The van der Waals surface area contributed by atoms with Crippen LogP contribution < -0.4 is 10.1 Å². The molecule has 0 saturated carbocycles. The van der Waals surface area contributed by atoms with Gasteiger partial charge in [0.15, 0.2) is 0 Å². The molecule has 8 heteroatoms. The number of morpholine rings is 1. The molecule has 198 valence electrons. The molecule has 0 radical (unpaired) electrons. The zero-order valence-electron chi connectivity index (χ0n) is 21.6. The Morgan fingerprint density at radius 1 is 0.775 bits per heavy atom. The first kappa shape index (κ1) is 25.6. The van der Waals surface area contributed by atoms with Crippen LogP contribution in [0.4, 0.5) is 5.69 Å². The number of rotatable bonds is 5. The lowest BCUT2D eigenvalue weighted by Gasteiger charge is -2.28. The maximum absolute atomic E-state index is 13.0. The number of anilines is 1. The number of nitrogens with one attached hydrogen (secondary N) is 1. The standard InChI is InChI=1S/C32H26N4O3S/c37-31(24-11-14-26(15-12-24)39-32(40)36-17-19-38-20-18-36)33-25-13-16-27-28(21-25)35-30(23-9-5-2-6-10-23)29(34-27)22-7-3-1-4-8-22/h1-16,21H,17-20H2,(H,33,37). The highest BCUT2D eigenvalue weighted by atomic mass is 32.1. The number of hydrogen-bond donors (Lipinski definition) is 1. The van der Waals surface area contributed by atoms with Gasteiger partial charge < -0.3 is 19.7 Å². The molecular formula is C32H26N4O3S. The van der Waals surface area contributed by atoms with Crippen LogP contribution in [-0.4, -0.2) is 52.3 Å². The molecule has 1 aliphatic heterocycles. The Kier molecular flexibility index (Phi) is 7.43. The second-order valence-electron chi connectivity index (χ2n) is 9.30. The first-order valence-corrected chi connectivity index (χ1v) is 13.4. The number of carbonyl (C=O) groups excluding carboxylic acids is 1. The highest BCUT2D eigenvalue weighted by Gasteiger charge is 2.17. The van der Waals surface area contributed by atoms with Crippen LogP contribution in [0.5, 0.6) is 5.75 Å². The Bertz CT molecular complexity index is 1660. The predicted octanol–water partition coefficient (Wildman–Crippen LogP) is 6.21. The summed E-state index contributed by atoms with van der Waals surface area (Å²) in [5.41, 5.74) is 6.13. The fourth-order valence-electron chi connectivity index (χ4n) is 4.52. The van der Waals surface area contributed by atoms with E-state index >= 15 is 0 Å². The van der Waals surface area contributed by atoms with Crippen LogP contribution in [0.1, 0.15) is 10.4 Å². The molecule has 0 spiro atoms. The highest BCUT2D eigenvalue weighted by Crippen LogP contribution is 2.31. The van der Waals surface area contributed by atoms with E-state index in [-0.39, 0.29) is 5.91 Å². The van der Waals surface area contributed by atoms with Crippen molar-refractivity contribution >= 4 is 40.0 Å². The lowest BCUT2D eigenvalue weighted by Crippen LogP contribution is -2.42. The third-order valence-electron chi connectivity index (χ3n) is 6.61. The molecule has 1 aliphatic rings. The van der Waals surface area contributed by atoms with E-state index in [0.29, 0.717) is 54.0 Å². The molecule has 0 unspecified atom stereocenters. The first-order chi connectivity index (χ1) is 19.6. The summed E-state index contributed by atoms with van der Waals surface area (Å²) in [6.45, 7) is 2.67. The van der Waals surface area contributed by atoms with Crippen LogP contribution in [0.2, 0.25) is 0 Å². The predicted molar refractivity (Wildman–Crippen MR) is 160 cm³/mol. The topological polar surface area (TPSA) is 76.6 Å². The summed E-state index contributed by atoms with van der Waals surface area (Å²) in [6, 6.07) is 32.5. The lowest BCUT2D eigenvalue weighted by atomic mass is 10.0. The van der Waals surface area contributed by atoms with Gasteiger partial charge in [-0.2, -0.15) is 0 Å². The van der Waals surface area contributed by atoms with E-state index in [1.807, 2.05) is 83.8 Å². The maximum atomic E-state index is 13.0. The quantitative estimate of drug-likeness (QED) is 0.263. The SMILES string of the molecule is O=C(Nc1ccc2nc(-c3ccccc3)c(-c3ccccc3)nc2c1)c1ccc(OC(=S)N2CCOCC2)cc1. The Hall–Kier alpha value is -4.66. The van der Waals surface area contributed by atoms with Gasteiger partial charge in [0.1, 0.15) is 5.75 Å². The second-order valence-corrected chi connectivity index (χ2v) is 9.65. The Morgan fingerprint density at radius 3 is 2.00 bits per heavy atom. The number of thiocarbonyl (C=S) groups is 1. The molecule has 0 aliphatic carbocycles. The van der Waals surface area contributed by atoms with Crippen LogP contribution in [0.25, 0.3) is 33.5 Å². The summed E-state index contributed by atoms with van der Waals surface area (Å²) in [5.74, 6) is 0.343. The molecule has 5 aromatic rings. The number of ether oxygens (including phenoxy) is 2. The van der Waals surface area contributed by atoms with Gasteiger partial charge in [-0.15, -0.1) is 0 Å². The molecular weight excluding hydrogens is 520 g/mol. The van der Waals surface area contributed by atoms with Gasteiger partial charge in [-0.1, -0.05) is 60.7 Å². The normalized spacial score (nSPS) is 13.2. The molecule has 1 fully saturated rings. The molecule has 1 saturated heterocycles. The summed E-state index contributed by atoms with van der Waals surface area (Å²) in [5, 5.41) is 3.38. The third-order valence-corrected chi connectivity index (χ3v) is 6.95. The van der Waals surface area contributed by atoms with E-state index in [9.17, 15) is 4.79 Å². The van der Waals surface area contributed by atoms with Gasteiger partial charge in [0.2, 0.25) is 0 Å². The van der Waals surface area contributed by atoms with Crippen molar-refractivity contribution in [3.8, 4) is 28.3 Å². The fourth-order valence-corrected chi connectivity index (χ4v) is 4.79. The third kappa shape index (κ3) is 5.68. The van der Waals surface area contributed by atoms with Crippen molar-refractivity contribution in [2.45, 2.75) is 0 Å². The van der Waals surface area contributed by atoms with Crippen molar-refractivity contribution in [2.24, 2.45) is 0 Å². The van der Waals surface area contributed by atoms with E-state index in [2.05, 4.69) is 5.32 Å². The molecule has 1 N–H and O–H groups in total. The van der Waals surface area contributed by atoms with Crippen LogP contribution in [0.3, 0.4) is 0 Å². The average molecular weight is 547 g/mol. The van der Waals surface area contributed by atoms with Crippen LogP contribution in [0, 0.1) is 0 Å². The van der Waals surface area contributed by atoms with E-state index in [1.54, 1.807) is 24.3 Å². The Balaban J connectivity index is 1.22. The summed E-state index contributed by atoms with van der Waals surface area (Å²) in [4.78, 5) is 24.9. The van der Waals surface area contributed by atoms with Crippen LogP contribution >= 0.6 is 12.2 Å². The molecule has 4 aromatic carbocycles. The number of aromatic nitrogens is 2. The minimum atomic E-state index is -0.237. The van der Waals surface area contributed by atoms with E-state index in [0.717, 1.165) is 28.0 Å². The summed E-state index contributed by atoms with van der Waals surface area (Å²) in [7, 11) is 0. The van der Waals surface area contributed by atoms with Gasteiger partial charge in [-0.3, -0.25) is 4.79 Å². The highest BCUT2D eigenvalue weighted by molar-refractivity contribution is 7.80. The largest absolute Gasteiger partial charge is 0.432 e. The molecule has 0 atom stereocenters. The molecule has 7 nitrogen and oxygen atoms in total. The Morgan fingerprint density at radius 2 is 1.38 bits per heavy atom. The van der Waals surface area contributed by atoms with Gasteiger partial charge in [-0.25, -0.2) is 9.97 Å². The van der Waals surface area contributed by atoms with E-state index in [1.165, 1.54) is 0 Å². The van der Waals surface area contributed by atoms with Crippen molar-refractivity contribution in [3.05, 3.63) is 109 Å². The minimum absolute atomic E-state index is 0.237. The number of amides is 1. The molecule has 1 amide bonds. The van der Waals surface area contributed by atoms with Gasteiger partial charge in [0, 0.05) is 35.5 Å². The number of benzene rings is 4. The molecule has 6 rings (SSSR count). The summed E-state index contributed by atoms with van der Waals surface area (Å²) in [6.07, 6.45) is 0. The van der Waals surface area contributed by atoms with Crippen molar-refractivity contribution in [2.75, 3.05) is 31.6 Å². The smallest absolute Gasteiger partial charge is 0.264 e. The zero-order chi connectivity index (χ0) is 27.3. The van der Waals surface area contributed by atoms with Gasteiger partial charge in [0.05, 0.1) is 35.6 Å². The van der Waals surface area contributed by atoms with Crippen LogP contribution in [0.15, 0.2) is 103 Å². The summed E-state index contributed by atoms with van der Waals surface area (Å²) < 4.78 is 11.2. The van der Waals surface area contributed by atoms with Gasteiger partial charge in [0.25, 0.3) is 11.1 Å². The molecule has 40 heavy (non-hydrogen) atoms. The second kappa shape index (κ2) is 11.6. The molecule has 2 heterocycles. The van der Waals surface area contributed by atoms with Crippen molar-refractivity contribution in [1.29, 1.82) is 0 Å². The average Bonchev–Trinajstić information content (AvgIpc) is 3.02. The number of carbonyl (C=O) groups is 1. The van der Waals surface area contributed by atoms with Crippen molar-refractivity contribution < 1.29 is 14.3 Å². The first-order valence-electron chi connectivity index (χ1n) is 13.0. The maximum Gasteiger partial charge on any atom is 0.264 e. The zero-order valence-corrected chi connectivity index (χ0v) is 22.4.